The second-order valence-corrected chi connectivity index (χ2v) is 8.48. The van der Waals surface area contributed by atoms with Gasteiger partial charge in [0.2, 0.25) is 11.7 Å². The summed E-state index contributed by atoms with van der Waals surface area (Å²) in [6, 6.07) is 15.6. The van der Waals surface area contributed by atoms with E-state index in [2.05, 4.69) is 10.1 Å². The van der Waals surface area contributed by atoms with Crippen LogP contribution in [0.5, 0.6) is 0 Å². The molecule has 0 N–H and O–H groups in total. The molecule has 0 atom stereocenters. The van der Waals surface area contributed by atoms with Gasteiger partial charge in [-0.05, 0) is 30.5 Å². The smallest absolute Gasteiger partial charge is 0.306 e. The minimum Gasteiger partial charge on any atom is -0.456 e. The van der Waals surface area contributed by atoms with E-state index in [0.29, 0.717) is 18.3 Å². The molecule has 1 heterocycles. The molecule has 1 aliphatic rings. The van der Waals surface area contributed by atoms with Crippen molar-refractivity contribution in [3.8, 4) is 11.4 Å². The van der Waals surface area contributed by atoms with E-state index in [1.807, 2.05) is 30.3 Å². The van der Waals surface area contributed by atoms with Crippen molar-refractivity contribution in [2.45, 2.75) is 57.5 Å². The molecule has 1 amide bonds. The van der Waals surface area contributed by atoms with E-state index in [1.165, 1.54) is 12.1 Å². The number of halogens is 1. The standard InChI is InChI=1S/C26H28FN3O4/c27-21-13-11-19(12-14-21)17-30(22-9-5-2-6-10-22)24(31)18-33-25(32)16-15-23-28-26(29-34-23)20-7-3-1-4-8-20/h1,3-4,7-8,11-14,22H,2,5-6,9-10,15-18H2. The number of nitrogens with zero attached hydrogens (tertiary/aromatic N) is 3. The third-order valence-corrected chi connectivity index (χ3v) is 6.00. The van der Waals surface area contributed by atoms with Crippen LogP contribution in [-0.2, 0) is 27.3 Å². The van der Waals surface area contributed by atoms with Crippen LogP contribution in [0.3, 0.4) is 0 Å². The number of esters is 1. The Kier molecular flexibility index (Phi) is 8.01. The van der Waals surface area contributed by atoms with Crippen molar-refractivity contribution in [1.82, 2.24) is 15.0 Å². The lowest BCUT2D eigenvalue weighted by Crippen LogP contribution is -2.43. The number of amides is 1. The lowest BCUT2D eigenvalue weighted by Gasteiger charge is -2.34. The highest BCUT2D eigenvalue weighted by Gasteiger charge is 2.26. The molecule has 0 unspecified atom stereocenters. The van der Waals surface area contributed by atoms with Crippen LogP contribution < -0.4 is 0 Å². The monoisotopic (exact) mass is 465 g/mol. The van der Waals surface area contributed by atoms with Crippen LogP contribution in [0.2, 0.25) is 0 Å². The fourth-order valence-corrected chi connectivity index (χ4v) is 4.17. The van der Waals surface area contributed by atoms with Gasteiger partial charge in [-0.25, -0.2) is 4.39 Å². The maximum absolute atomic E-state index is 13.3. The van der Waals surface area contributed by atoms with Crippen LogP contribution in [0.15, 0.2) is 59.1 Å². The Morgan fingerprint density at radius 3 is 2.50 bits per heavy atom. The van der Waals surface area contributed by atoms with Crippen LogP contribution >= 0.6 is 0 Å². The van der Waals surface area contributed by atoms with Crippen LogP contribution in [0.4, 0.5) is 4.39 Å². The molecule has 34 heavy (non-hydrogen) atoms. The predicted octanol–water partition coefficient (Wildman–Crippen LogP) is 4.71. The number of hydrogen-bond donors (Lipinski definition) is 0. The van der Waals surface area contributed by atoms with E-state index < -0.39 is 5.97 Å². The van der Waals surface area contributed by atoms with Gasteiger partial charge in [-0.2, -0.15) is 4.98 Å². The summed E-state index contributed by atoms with van der Waals surface area (Å²) in [5.41, 5.74) is 1.67. The molecular formula is C26H28FN3O4. The highest BCUT2D eigenvalue weighted by molar-refractivity contribution is 5.81. The predicted molar refractivity (Wildman–Crippen MR) is 123 cm³/mol. The van der Waals surface area contributed by atoms with E-state index in [-0.39, 0.29) is 37.2 Å². The van der Waals surface area contributed by atoms with Gasteiger partial charge < -0.3 is 14.2 Å². The maximum atomic E-state index is 13.3. The van der Waals surface area contributed by atoms with Crippen molar-refractivity contribution in [2.24, 2.45) is 0 Å². The number of ether oxygens (including phenoxy) is 1. The largest absolute Gasteiger partial charge is 0.456 e. The molecule has 178 valence electrons. The average Bonchev–Trinajstić information content (AvgIpc) is 3.36. The van der Waals surface area contributed by atoms with E-state index >= 15 is 0 Å². The number of rotatable bonds is 9. The molecule has 1 aromatic heterocycles. The molecule has 0 radical (unpaired) electrons. The molecule has 1 aliphatic carbocycles. The van der Waals surface area contributed by atoms with E-state index in [9.17, 15) is 14.0 Å². The zero-order chi connectivity index (χ0) is 23.8. The maximum Gasteiger partial charge on any atom is 0.306 e. The Morgan fingerprint density at radius 1 is 1.03 bits per heavy atom. The fraction of sp³-hybridized carbons (Fsp3) is 0.385. The number of aryl methyl sites for hydroxylation is 1. The van der Waals surface area contributed by atoms with Crippen molar-refractivity contribution in [3.05, 3.63) is 71.9 Å². The number of aromatic nitrogens is 2. The van der Waals surface area contributed by atoms with Crippen molar-refractivity contribution >= 4 is 11.9 Å². The highest BCUT2D eigenvalue weighted by atomic mass is 19.1. The summed E-state index contributed by atoms with van der Waals surface area (Å²) in [5, 5.41) is 3.94. The van der Waals surface area contributed by atoms with Gasteiger partial charge in [-0.3, -0.25) is 9.59 Å². The number of carbonyl (C=O) groups is 2. The summed E-state index contributed by atoms with van der Waals surface area (Å²) in [7, 11) is 0. The van der Waals surface area contributed by atoms with Gasteiger partial charge in [0, 0.05) is 24.6 Å². The number of benzene rings is 2. The third kappa shape index (κ3) is 6.50. The van der Waals surface area contributed by atoms with E-state index in [1.54, 1.807) is 17.0 Å². The Labute approximate surface area is 197 Å². The quantitative estimate of drug-likeness (QED) is 0.426. The molecule has 0 aliphatic heterocycles. The first-order valence-electron chi connectivity index (χ1n) is 11.7. The first kappa shape index (κ1) is 23.6. The minimum atomic E-state index is -0.502. The van der Waals surface area contributed by atoms with Crippen molar-refractivity contribution < 1.29 is 23.2 Å². The summed E-state index contributed by atoms with van der Waals surface area (Å²) in [6.07, 6.45) is 5.38. The summed E-state index contributed by atoms with van der Waals surface area (Å²) < 4.78 is 23.8. The number of carbonyl (C=O) groups excluding carboxylic acids is 2. The van der Waals surface area contributed by atoms with Gasteiger partial charge >= 0.3 is 5.97 Å². The second kappa shape index (κ2) is 11.5. The lowest BCUT2D eigenvalue weighted by molar-refractivity contribution is -0.153. The van der Waals surface area contributed by atoms with Crippen molar-refractivity contribution in [3.63, 3.8) is 0 Å². The Morgan fingerprint density at radius 2 is 1.76 bits per heavy atom. The van der Waals surface area contributed by atoms with Crippen molar-refractivity contribution in [2.75, 3.05) is 6.61 Å². The average molecular weight is 466 g/mol. The summed E-state index contributed by atoms with van der Waals surface area (Å²) >= 11 is 0. The Balaban J connectivity index is 1.29. The van der Waals surface area contributed by atoms with E-state index in [4.69, 9.17) is 9.26 Å². The molecule has 2 aromatic carbocycles. The molecule has 1 saturated carbocycles. The topological polar surface area (TPSA) is 85.5 Å². The molecule has 4 rings (SSSR count). The normalized spacial score (nSPS) is 14.0. The van der Waals surface area contributed by atoms with Gasteiger partial charge in [-0.15, -0.1) is 0 Å². The summed E-state index contributed by atoms with van der Waals surface area (Å²) in [4.78, 5) is 31.3. The third-order valence-electron chi connectivity index (χ3n) is 6.00. The highest BCUT2D eigenvalue weighted by Crippen LogP contribution is 2.24. The molecule has 0 spiro atoms. The fourth-order valence-electron chi connectivity index (χ4n) is 4.17. The van der Waals surface area contributed by atoms with Crippen molar-refractivity contribution in [1.29, 1.82) is 0 Å². The van der Waals surface area contributed by atoms with Crippen LogP contribution in [-0.4, -0.2) is 39.6 Å². The lowest BCUT2D eigenvalue weighted by atomic mass is 9.93. The zero-order valence-corrected chi connectivity index (χ0v) is 19.0. The van der Waals surface area contributed by atoms with Gasteiger partial charge in [-0.1, -0.05) is 66.9 Å². The molecule has 8 heteroatoms. The molecule has 0 bridgehead atoms. The molecule has 0 saturated heterocycles. The first-order chi connectivity index (χ1) is 16.6. The minimum absolute atomic E-state index is 0.0328. The summed E-state index contributed by atoms with van der Waals surface area (Å²) in [5.74, 6) is -0.261. The van der Waals surface area contributed by atoms with Gasteiger partial charge in [0.15, 0.2) is 6.61 Å². The SMILES string of the molecule is O=C(CCc1nc(-c2ccccc2)no1)OCC(=O)N(Cc1ccc(F)cc1)C1CCCCC1. The zero-order valence-electron chi connectivity index (χ0n) is 19.0. The molecular weight excluding hydrogens is 437 g/mol. The van der Waals surface area contributed by atoms with E-state index in [0.717, 1.165) is 43.2 Å². The molecule has 1 fully saturated rings. The van der Waals surface area contributed by atoms with Crippen LogP contribution in [0.1, 0.15) is 50.0 Å². The van der Waals surface area contributed by atoms with Crippen LogP contribution in [0, 0.1) is 5.82 Å². The Bertz CT molecular complexity index is 1080. The first-order valence-corrected chi connectivity index (χ1v) is 11.7. The van der Waals surface area contributed by atoms with Gasteiger partial charge in [0.25, 0.3) is 5.91 Å². The van der Waals surface area contributed by atoms with Gasteiger partial charge in [0.05, 0.1) is 6.42 Å². The molecule has 3 aromatic rings. The second-order valence-electron chi connectivity index (χ2n) is 8.48. The summed E-state index contributed by atoms with van der Waals surface area (Å²) in [6.45, 7) is 0.0429. The number of hydrogen-bond acceptors (Lipinski definition) is 6. The van der Waals surface area contributed by atoms with Gasteiger partial charge in [0.1, 0.15) is 5.82 Å². The molecule has 7 nitrogen and oxygen atoms in total. The van der Waals surface area contributed by atoms with Crippen LogP contribution in [0.25, 0.3) is 11.4 Å². The Hall–Kier alpha value is -3.55.